The highest BCUT2D eigenvalue weighted by Gasteiger charge is 2.38. The predicted molar refractivity (Wildman–Crippen MR) is 70.6 cm³/mol. The average molecular weight is 286 g/mol. The number of carbonyl (C=O) groups is 3. The van der Waals surface area contributed by atoms with Crippen molar-refractivity contribution in [1.82, 2.24) is 10.2 Å². The maximum Gasteiger partial charge on any atom is 0.329 e. The summed E-state index contributed by atoms with van der Waals surface area (Å²) in [7, 11) is 0. The normalized spacial score (nSPS) is 27.0. The number of carbonyl (C=O) groups excluding carboxylic acids is 3. The molecule has 106 valence electrons. The number of nitrogens with zero attached hydrogens (tertiary/aromatic N) is 1. The van der Waals surface area contributed by atoms with Crippen molar-refractivity contribution in [3.05, 3.63) is 0 Å². The molecule has 2 fully saturated rings. The van der Waals surface area contributed by atoms with Crippen LogP contribution in [0, 0.1) is 5.92 Å². The van der Waals surface area contributed by atoms with Gasteiger partial charge in [-0.2, -0.15) is 11.8 Å². The van der Waals surface area contributed by atoms with Gasteiger partial charge in [-0.05, 0) is 6.92 Å². The molecule has 1 N–H and O–H groups in total. The molecule has 0 aromatic heterocycles. The van der Waals surface area contributed by atoms with Crippen LogP contribution in [0.25, 0.3) is 0 Å². The molecular formula is C12H18N2O4S. The van der Waals surface area contributed by atoms with Crippen LogP contribution < -0.4 is 5.32 Å². The van der Waals surface area contributed by atoms with Gasteiger partial charge in [0.05, 0.1) is 12.5 Å². The Kier molecular flexibility index (Phi) is 4.68. The monoisotopic (exact) mass is 286 g/mol. The smallest absolute Gasteiger partial charge is 0.329 e. The topological polar surface area (TPSA) is 75.7 Å². The molecule has 0 saturated carbocycles. The lowest BCUT2D eigenvalue weighted by molar-refractivity contribution is -0.155. The first kappa shape index (κ1) is 14.2. The van der Waals surface area contributed by atoms with Crippen LogP contribution in [0.15, 0.2) is 0 Å². The fraction of sp³-hybridized carbons (Fsp3) is 0.750. The number of thioether (sulfide) groups is 1. The zero-order chi connectivity index (χ0) is 13.8. The highest BCUT2D eigenvalue weighted by Crippen LogP contribution is 2.22. The molecule has 0 spiro atoms. The highest BCUT2D eigenvalue weighted by atomic mass is 32.2. The van der Waals surface area contributed by atoms with Crippen molar-refractivity contribution in [3.63, 3.8) is 0 Å². The van der Waals surface area contributed by atoms with Gasteiger partial charge in [0.1, 0.15) is 6.04 Å². The van der Waals surface area contributed by atoms with E-state index in [9.17, 15) is 14.4 Å². The third-order valence-electron chi connectivity index (χ3n) is 3.30. The second kappa shape index (κ2) is 6.27. The van der Waals surface area contributed by atoms with Gasteiger partial charge in [-0.3, -0.25) is 9.59 Å². The van der Waals surface area contributed by atoms with E-state index < -0.39 is 6.04 Å². The Labute approximate surface area is 116 Å². The Morgan fingerprint density at radius 2 is 2.32 bits per heavy atom. The van der Waals surface area contributed by atoms with Crippen molar-refractivity contribution in [2.24, 2.45) is 5.92 Å². The average Bonchev–Trinajstić information content (AvgIpc) is 2.85. The minimum Gasteiger partial charge on any atom is -0.464 e. The quantitative estimate of drug-likeness (QED) is 0.716. The van der Waals surface area contributed by atoms with Gasteiger partial charge in [-0.1, -0.05) is 0 Å². The summed E-state index contributed by atoms with van der Waals surface area (Å²) in [6.45, 7) is 2.97. The number of rotatable bonds is 3. The second-order valence-electron chi connectivity index (χ2n) is 4.58. The lowest BCUT2D eigenvalue weighted by Crippen LogP contribution is -2.53. The number of hydrogen-bond acceptors (Lipinski definition) is 5. The first-order chi connectivity index (χ1) is 9.13. The third kappa shape index (κ3) is 3.20. The van der Waals surface area contributed by atoms with Gasteiger partial charge in [0.25, 0.3) is 0 Å². The van der Waals surface area contributed by atoms with Crippen LogP contribution >= 0.6 is 11.8 Å². The van der Waals surface area contributed by atoms with Crippen LogP contribution in [0.2, 0.25) is 0 Å². The highest BCUT2D eigenvalue weighted by molar-refractivity contribution is 7.99. The van der Waals surface area contributed by atoms with Crippen LogP contribution in [-0.2, 0) is 19.1 Å². The summed E-state index contributed by atoms with van der Waals surface area (Å²) < 4.78 is 5.02. The molecular weight excluding hydrogens is 268 g/mol. The van der Waals surface area contributed by atoms with Crippen molar-refractivity contribution in [2.45, 2.75) is 19.4 Å². The Hall–Kier alpha value is -1.24. The molecule has 19 heavy (non-hydrogen) atoms. The Balaban J connectivity index is 2.04. The van der Waals surface area contributed by atoms with Crippen molar-refractivity contribution >= 4 is 29.5 Å². The molecule has 2 heterocycles. The largest absolute Gasteiger partial charge is 0.464 e. The van der Waals surface area contributed by atoms with E-state index in [1.54, 1.807) is 23.6 Å². The molecule has 0 radical (unpaired) electrons. The van der Waals surface area contributed by atoms with Gasteiger partial charge in [0.2, 0.25) is 11.8 Å². The fourth-order valence-electron chi connectivity index (χ4n) is 2.32. The van der Waals surface area contributed by atoms with Gasteiger partial charge in [-0.15, -0.1) is 0 Å². The molecule has 2 saturated heterocycles. The van der Waals surface area contributed by atoms with Crippen LogP contribution in [0.3, 0.4) is 0 Å². The van der Waals surface area contributed by atoms with E-state index >= 15 is 0 Å². The van der Waals surface area contributed by atoms with Crippen molar-refractivity contribution in [1.29, 1.82) is 0 Å². The summed E-state index contributed by atoms with van der Waals surface area (Å²) in [6.07, 6.45) is 0.220. The summed E-state index contributed by atoms with van der Waals surface area (Å²) >= 11 is 1.64. The van der Waals surface area contributed by atoms with Crippen LogP contribution in [0.5, 0.6) is 0 Å². The van der Waals surface area contributed by atoms with E-state index in [0.29, 0.717) is 25.4 Å². The molecule has 0 aromatic carbocycles. The predicted octanol–water partition coefficient (Wildman–Crippen LogP) is -0.370. The Bertz CT molecular complexity index is 388. The van der Waals surface area contributed by atoms with Crippen LogP contribution in [0.1, 0.15) is 13.3 Å². The van der Waals surface area contributed by atoms with E-state index in [-0.39, 0.29) is 30.1 Å². The lowest BCUT2D eigenvalue weighted by atomic mass is 10.1. The molecule has 2 amide bonds. The maximum atomic E-state index is 12.4. The minimum atomic E-state index is -0.512. The standard InChI is InChI=1S/C12H18N2O4S/c1-2-18-12(17)9-7-19-4-3-14(9)11(16)8-5-10(15)13-6-8/h8-9H,2-7H2,1H3,(H,13,15). The number of ether oxygens (including phenoxy) is 1. The molecule has 0 aliphatic carbocycles. The fourth-order valence-corrected chi connectivity index (χ4v) is 3.35. The minimum absolute atomic E-state index is 0.0996. The second-order valence-corrected chi connectivity index (χ2v) is 5.73. The zero-order valence-corrected chi connectivity index (χ0v) is 11.7. The molecule has 7 heteroatoms. The summed E-state index contributed by atoms with van der Waals surface area (Å²) in [6, 6.07) is -0.512. The van der Waals surface area contributed by atoms with Crippen molar-refractivity contribution < 1.29 is 19.1 Å². The molecule has 2 aliphatic rings. The van der Waals surface area contributed by atoms with Crippen molar-refractivity contribution in [2.75, 3.05) is 31.2 Å². The molecule has 6 nitrogen and oxygen atoms in total. The van der Waals surface area contributed by atoms with E-state index in [1.165, 1.54) is 0 Å². The summed E-state index contributed by atoms with van der Waals surface area (Å²) in [5, 5.41) is 2.65. The molecule has 2 rings (SSSR count). The van der Waals surface area contributed by atoms with Gasteiger partial charge in [-0.25, -0.2) is 4.79 Å². The molecule has 2 unspecified atom stereocenters. The van der Waals surface area contributed by atoms with E-state index in [1.807, 2.05) is 0 Å². The number of amides is 2. The summed E-state index contributed by atoms with van der Waals surface area (Å²) in [5.74, 6) is 0.482. The molecule has 2 aliphatic heterocycles. The van der Waals surface area contributed by atoms with Gasteiger partial charge < -0.3 is 15.0 Å². The number of hydrogen-bond donors (Lipinski definition) is 1. The van der Waals surface area contributed by atoms with E-state index in [4.69, 9.17) is 4.74 Å². The molecule has 0 aromatic rings. The van der Waals surface area contributed by atoms with Crippen LogP contribution in [-0.4, -0.2) is 59.9 Å². The molecule has 2 atom stereocenters. The number of esters is 1. The summed E-state index contributed by atoms with van der Waals surface area (Å²) in [4.78, 5) is 37.0. The SMILES string of the molecule is CCOC(=O)C1CSCCN1C(=O)C1CNC(=O)C1. The third-order valence-corrected chi connectivity index (χ3v) is 4.32. The zero-order valence-electron chi connectivity index (χ0n) is 10.9. The van der Waals surface area contributed by atoms with Gasteiger partial charge >= 0.3 is 5.97 Å². The Morgan fingerprint density at radius 1 is 1.53 bits per heavy atom. The van der Waals surface area contributed by atoms with E-state index in [0.717, 1.165) is 5.75 Å². The Morgan fingerprint density at radius 3 is 2.95 bits per heavy atom. The lowest BCUT2D eigenvalue weighted by Gasteiger charge is -2.35. The first-order valence-corrected chi connectivity index (χ1v) is 7.60. The molecule has 0 bridgehead atoms. The summed E-state index contributed by atoms with van der Waals surface area (Å²) in [5.41, 5.74) is 0. The first-order valence-electron chi connectivity index (χ1n) is 6.45. The number of nitrogens with one attached hydrogen (secondary N) is 1. The van der Waals surface area contributed by atoms with Crippen LogP contribution in [0.4, 0.5) is 0 Å². The van der Waals surface area contributed by atoms with Crippen molar-refractivity contribution in [3.8, 4) is 0 Å². The van der Waals surface area contributed by atoms with E-state index in [2.05, 4.69) is 5.32 Å². The van der Waals surface area contributed by atoms with Gasteiger partial charge in [0, 0.05) is 31.0 Å². The maximum absolute atomic E-state index is 12.4. The van der Waals surface area contributed by atoms with Gasteiger partial charge in [0.15, 0.2) is 0 Å².